The number of anilines is 1. The average Bonchev–Trinajstić information content (AvgIpc) is 3.46. The molecule has 0 radical (unpaired) electrons. The Morgan fingerprint density at radius 2 is 1.56 bits per heavy atom. The van der Waals surface area contributed by atoms with Gasteiger partial charge in [0.1, 0.15) is 5.54 Å². The van der Waals surface area contributed by atoms with Gasteiger partial charge in [-0.05, 0) is 42.5 Å². The number of carbonyl (C=O) groups is 3. The normalized spacial score (nSPS) is 26.4. The predicted molar refractivity (Wildman–Crippen MR) is 137 cm³/mol. The lowest BCUT2D eigenvalue weighted by Crippen LogP contribution is -2.53. The fraction of sp³-hybridized carbons (Fsp3) is 0.276. The van der Waals surface area contributed by atoms with Gasteiger partial charge in [-0.25, -0.2) is 0 Å². The third-order valence-electron chi connectivity index (χ3n) is 7.94. The summed E-state index contributed by atoms with van der Waals surface area (Å²) in [6, 6.07) is 22.8. The highest BCUT2D eigenvalue weighted by Gasteiger charge is 2.70. The summed E-state index contributed by atoms with van der Waals surface area (Å²) in [4.78, 5) is 42.8. The molecule has 0 aliphatic carbocycles. The molecule has 4 atom stereocenters. The topological polar surface area (TPSA) is 78.5 Å². The van der Waals surface area contributed by atoms with Crippen molar-refractivity contribution in [2.24, 2.45) is 11.8 Å². The molecule has 1 spiro atoms. The van der Waals surface area contributed by atoms with E-state index in [2.05, 4.69) is 10.6 Å². The van der Waals surface area contributed by atoms with Gasteiger partial charge in [-0.1, -0.05) is 78.3 Å². The molecular formula is C29H26ClN3O3. The summed E-state index contributed by atoms with van der Waals surface area (Å²) in [6.45, 7) is 2.14. The first-order valence-corrected chi connectivity index (χ1v) is 12.6. The Bertz CT molecular complexity index is 1380. The highest BCUT2D eigenvalue weighted by molar-refractivity contribution is 6.32. The maximum Gasteiger partial charge on any atom is 0.250 e. The molecule has 6 nitrogen and oxygen atoms in total. The van der Waals surface area contributed by atoms with Crippen LogP contribution in [0, 0.1) is 18.8 Å². The largest absolute Gasteiger partial charge is 0.324 e. The average molecular weight is 500 g/mol. The first-order valence-electron chi connectivity index (χ1n) is 12.2. The van der Waals surface area contributed by atoms with Crippen molar-refractivity contribution < 1.29 is 14.4 Å². The van der Waals surface area contributed by atoms with Crippen LogP contribution < -0.4 is 10.6 Å². The Balaban J connectivity index is 1.42. The summed E-state index contributed by atoms with van der Waals surface area (Å²) < 4.78 is 0. The third-order valence-corrected chi connectivity index (χ3v) is 8.35. The summed E-state index contributed by atoms with van der Waals surface area (Å²) in [5.41, 5.74) is 2.84. The van der Waals surface area contributed by atoms with Crippen LogP contribution in [0.1, 0.15) is 22.3 Å². The first kappa shape index (κ1) is 23.0. The van der Waals surface area contributed by atoms with E-state index in [1.807, 2.05) is 73.7 Å². The van der Waals surface area contributed by atoms with E-state index < -0.39 is 17.4 Å². The van der Waals surface area contributed by atoms with Crippen molar-refractivity contribution in [3.8, 4) is 0 Å². The quantitative estimate of drug-likeness (QED) is 0.523. The summed E-state index contributed by atoms with van der Waals surface area (Å²) in [7, 11) is 0. The molecule has 3 aromatic carbocycles. The van der Waals surface area contributed by atoms with Gasteiger partial charge in [-0.15, -0.1) is 0 Å². The highest BCUT2D eigenvalue weighted by Crippen LogP contribution is 2.54. The number of likely N-dealkylation sites (tertiary alicyclic amines) is 1. The van der Waals surface area contributed by atoms with Crippen LogP contribution in [0.3, 0.4) is 0 Å². The van der Waals surface area contributed by atoms with Crippen LogP contribution in [-0.2, 0) is 32.8 Å². The van der Waals surface area contributed by atoms with Gasteiger partial charge >= 0.3 is 0 Å². The van der Waals surface area contributed by atoms with Gasteiger partial charge in [0.25, 0.3) is 0 Å². The number of hydrogen-bond donors (Lipinski definition) is 2. The maximum absolute atomic E-state index is 13.9. The number of rotatable bonds is 5. The second kappa shape index (κ2) is 8.57. The molecule has 0 unspecified atom stereocenters. The van der Waals surface area contributed by atoms with Crippen molar-refractivity contribution in [1.29, 1.82) is 0 Å². The molecule has 36 heavy (non-hydrogen) atoms. The number of hydrogen-bond acceptors (Lipinski definition) is 4. The maximum atomic E-state index is 13.9. The van der Waals surface area contributed by atoms with Gasteiger partial charge in [0.15, 0.2) is 0 Å². The van der Waals surface area contributed by atoms with Crippen molar-refractivity contribution in [3.05, 3.63) is 100 Å². The standard InChI is InChI=1S/C29H26ClN3O3/c1-17-21(30)13-12-20-25(17)31-28(36)29(20)24-23(22(32-29)16-19-10-6-3-7-11-19)26(34)33(27(24)35)15-14-18-8-4-2-5-9-18/h2-13,22-24,32H,14-16H2,1H3,(H,31,36)/t22-,23-,24-,29-/m1/s1. The minimum absolute atomic E-state index is 0.210. The van der Waals surface area contributed by atoms with Crippen LogP contribution in [-0.4, -0.2) is 35.2 Å². The van der Waals surface area contributed by atoms with Gasteiger partial charge in [0.2, 0.25) is 17.7 Å². The van der Waals surface area contributed by atoms with E-state index in [1.54, 1.807) is 6.07 Å². The number of fused-ring (bicyclic) bond motifs is 4. The van der Waals surface area contributed by atoms with Crippen LogP contribution >= 0.6 is 11.6 Å². The van der Waals surface area contributed by atoms with E-state index in [9.17, 15) is 14.4 Å². The molecule has 0 bridgehead atoms. The van der Waals surface area contributed by atoms with Crippen LogP contribution in [0.2, 0.25) is 5.02 Å². The Hall–Kier alpha value is -3.48. The molecule has 7 heteroatoms. The van der Waals surface area contributed by atoms with Gasteiger partial charge in [0, 0.05) is 23.2 Å². The summed E-state index contributed by atoms with van der Waals surface area (Å²) in [5, 5.41) is 7.02. The Labute approximate surface area is 214 Å². The molecule has 3 aliphatic rings. The van der Waals surface area contributed by atoms with Gasteiger partial charge in [0.05, 0.1) is 17.5 Å². The number of benzene rings is 3. The summed E-state index contributed by atoms with van der Waals surface area (Å²) >= 11 is 6.36. The van der Waals surface area contributed by atoms with Gasteiger partial charge in [-0.2, -0.15) is 0 Å². The van der Waals surface area contributed by atoms with Crippen molar-refractivity contribution in [2.75, 3.05) is 11.9 Å². The summed E-state index contributed by atoms with van der Waals surface area (Å²) in [6.07, 6.45) is 1.10. The van der Waals surface area contributed by atoms with Crippen LogP contribution in [0.15, 0.2) is 72.8 Å². The molecule has 2 fully saturated rings. The molecule has 0 aromatic heterocycles. The fourth-order valence-electron chi connectivity index (χ4n) is 6.20. The first-order chi connectivity index (χ1) is 17.4. The number of nitrogens with zero attached hydrogens (tertiary/aromatic N) is 1. The van der Waals surface area contributed by atoms with E-state index in [4.69, 9.17) is 11.6 Å². The number of carbonyl (C=O) groups excluding carboxylic acids is 3. The van der Waals surface area contributed by atoms with Crippen LogP contribution in [0.5, 0.6) is 0 Å². The van der Waals surface area contributed by atoms with E-state index in [0.717, 1.165) is 16.7 Å². The lowest BCUT2D eigenvalue weighted by Gasteiger charge is -2.29. The minimum atomic E-state index is -1.32. The Morgan fingerprint density at radius 1 is 0.889 bits per heavy atom. The molecule has 3 heterocycles. The third kappa shape index (κ3) is 3.32. The second-order valence-electron chi connectivity index (χ2n) is 9.86. The zero-order valence-electron chi connectivity index (χ0n) is 19.8. The van der Waals surface area contributed by atoms with Crippen LogP contribution in [0.25, 0.3) is 0 Å². The Morgan fingerprint density at radius 3 is 2.25 bits per heavy atom. The molecule has 6 rings (SSSR count). The lowest BCUT2D eigenvalue weighted by atomic mass is 9.76. The van der Waals surface area contributed by atoms with E-state index >= 15 is 0 Å². The minimum Gasteiger partial charge on any atom is -0.324 e. The number of imide groups is 1. The zero-order chi connectivity index (χ0) is 25.0. The summed E-state index contributed by atoms with van der Waals surface area (Å²) in [5.74, 6) is -2.27. The molecular weight excluding hydrogens is 474 g/mol. The number of halogens is 1. The molecule has 3 aliphatic heterocycles. The van der Waals surface area contributed by atoms with Crippen molar-refractivity contribution in [3.63, 3.8) is 0 Å². The molecule has 3 aromatic rings. The molecule has 3 amide bonds. The van der Waals surface area contributed by atoms with Crippen molar-refractivity contribution >= 4 is 35.0 Å². The van der Waals surface area contributed by atoms with Crippen LogP contribution in [0.4, 0.5) is 5.69 Å². The van der Waals surface area contributed by atoms with E-state index in [1.165, 1.54) is 4.90 Å². The molecule has 2 N–H and O–H groups in total. The SMILES string of the molecule is Cc1c(Cl)ccc2c1NC(=O)[C@@]21N[C@H](Cc2ccccc2)[C@H]2C(=O)N(CCc3ccccc3)C(=O)[C@@H]21. The molecule has 0 saturated carbocycles. The van der Waals surface area contributed by atoms with Gasteiger partial charge < -0.3 is 5.32 Å². The smallest absolute Gasteiger partial charge is 0.250 e. The molecule has 182 valence electrons. The predicted octanol–water partition coefficient (Wildman–Crippen LogP) is 3.85. The Kier molecular flexibility index (Phi) is 5.47. The van der Waals surface area contributed by atoms with E-state index in [-0.39, 0.29) is 30.3 Å². The van der Waals surface area contributed by atoms with Crippen molar-refractivity contribution in [1.82, 2.24) is 10.2 Å². The zero-order valence-corrected chi connectivity index (χ0v) is 20.6. The van der Waals surface area contributed by atoms with E-state index in [0.29, 0.717) is 29.1 Å². The monoisotopic (exact) mass is 499 g/mol. The highest BCUT2D eigenvalue weighted by atomic mass is 35.5. The number of amides is 3. The van der Waals surface area contributed by atoms with Crippen molar-refractivity contribution in [2.45, 2.75) is 31.3 Å². The molecule has 2 saturated heterocycles. The van der Waals surface area contributed by atoms with Gasteiger partial charge in [-0.3, -0.25) is 24.6 Å². The lowest BCUT2D eigenvalue weighted by molar-refractivity contribution is -0.142. The number of nitrogens with one attached hydrogen (secondary N) is 2. The second-order valence-corrected chi connectivity index (χ2v) is 10.3. The fourth-order valence-corrected chi connectivity index (χ4v) is 6.36.